The zero-order valence-corrected chi connectivity index (χ0v) is 10.7. The number of carboxylic acids is 1. The van der Waals surface area contributed by atoms with E-state index in [0.717, 1.165) is 0 Å². The van der Waals surface area contributed by atoms with Crippen molar-refractivity contribution in [1.29, 1.82) is 0 Å². The standard InChI is InChI=1S/C13H14N4O3/c18-12(16-9-2-1-8(5-9)13(19)20)10-6-15-17-4-3-14-7-11(10)17/h3-4,6-9H,1-2,5H2,(H,16,18)(H,19,20)/t8-,9+/m1/s1. The van der Waals surface area contributed by atoms with Crippen LogP contribution in [0.15, 0.2) is 24.8 Å². The van der Waals surface area contributed by atoms with E-state index in [1.807, 2.05) is 0 Å². The van der Waals surface area contributed by atoms with E-state index in [9.17, 15) is 9.59 Å². The second-order valence-corrected chi connectivity index (χ2v) is 4.98. The predicted molar refractivity (Wildman–Crippen MR) is 69.2 cm³/mol. The summed E-state index contributed by atoms with van der Waals surface area (Å²) >= 11 is 0. The number of nitrogens with one attached hydrogen (secondary N) is 1. The van der Waals surface area contributed by atoms with Gasteiger partial charge in [-0.2, -0.15) is 5.10 Å². The SMILES string of the molecule is O=C(N[C@H]1CC[C@@H](C(=O)O)C1)c1cnn2ccncc12. The van der Waals surface area contributed by atoms with Crippen LogP contribution >= 0.6 is 0 Å². The highest BCUT2D eigenvalue weighted by Gasteiger charge is 2.31. The van der Waals surface area contributed by atoms with Crippen LogP contribution in [0.2, 0.25) is 0 Å². The number of carbonyl (C=O) groups excluding carboxylic acids is 1. The number of nitrogens with zero attached hydrogens (tertiary/aromatic N) is 3. The zero-order valence-electron chi connectivity index (χ0n) is 10.7. The van der Waals surface area contributed by atoms with Gasteiger partial charge in [0.2, 0.25) is 0 Å². The Labute approximate surface area is 114 Å². The minimum atomic E-state index is -0.790. The van der Waals surface area contributed by atoms with E-state index in [1.54, 1.807) is 23.1 Å². The molecule has 1 amide bonds. The van der Waals surface area contributed by atoms with Crippen LogP contribution in [0.4, 0.5) is 0 Å². The van der Waals surface area contributed by atoms with E-state index in [-0.39, 0.29) is 17.9 Å². The predicted octanol–water partition coefficient (Wildman–Crippen LogP) is 0.712. The van der Waals surface area contributed by atoms with Gasteiger partial charge < -0.3 is 10.4 Å². The van der Waals surface area contributed by atoms with Crippen LogP contribution in [0.5, 0.6) is 0 Å². The number of hydrogen-bond donors (Lipinski definition) is 2. The van der Waals surface area contributed by atoms with Crippen molar-refractivity contribution >= 4 is 17.4 Å². The molecule has 0 unspecified atom stereocenters. The van der Waals surface area contributed by atoms with Crippen molar-refractivity contribution < 1.29 is 14.7 Å². The molecule has 0 aliphatic heterocycles. The molecule has 0 bridgehead atoms. The van der Waals surface area contributed by atoms with Crippen molar-refractivity contribution in [1.82, 2.24) is 19.9 Å². The molecule has 1 saturated carbocycles. The fourth-order valence-electron chi connectivity index (χ4n) is 2.61. The van der Waals surface area contributed by atoms with Crippen LogP contribution in [0.3, 0.4) is 0 Å². The number of aliphatic carboxylic acids is 1. The highest BCUT2D eigenvalue weighted by atomic mass is 16.4. The first-order valence-electron chi connectivity index (χ1n) is 6.46. The van der Waals surface area contributed by atoms with Gasteiger partial charge in [0.25, 0.3) is 5.91 Å². The van der Waals surface area contributed by atoms with Crippen LogP contribution in [0.1, 0.15) is 29.6 Å². The normalized spacial score (nSPS) is 22.0. The van der Waals surface area contributed by atoms with E-state index in [0.29, 0.717) is 30.3 Å². The lowest BCUT2D eigenvalue weighted by atomic mass is 10.1. The molecular weight excluding hydrogens is 260 g/mol. The van der Waals surface area contributed by atoms with Crippen molar-refractivity contribution in [2.45, 2.75) is 25.3 Å². The summed E-state index contributed by atoms with van der Waals surface area (Å²) < 4.78 is 1.58. The molecule has 0 spiro atoms. The van der Waals surface area contributed by atoms with Gasteiger partial charge in [0.05, 0.1) is 29.4 Å². The molecule has 7 nitrogen and oxygen atoms in total. The monoisotopic (exact) mass is 274 g/mol. The van der Waals surface area contributed by atoms with Crippen molar-refractivity contribution in [3.63, 3.8) is 0 Å². The minimum Gasteiger partial charge on any atom is -0.481 e. The molecule has 2 heterocycles. The van der Waals surface area contributed by atoms with Gasteiger partial charge in [-0.1, -0.05) is 0 Å². The van der Waals surface area contributed by atoms with Gasteiger partial charge >= 0.3 is 5.97 Å². The Morgan fingerprint density at radius 1 is 1.35 bits per heavy atom. The average Bonchev–Trinajstić information content (AvgIpc) is 3.04. The molecule has 2 aromatic heterocycles. The maximum absolute atomic E-state index is 12.2. The molecule has 3 rings (SSSR count). The molecule has 1 aliphatic carbocycles. The van der Waals surface area contributed by atoms with Gasteiger partial charge in [-0.15, -0.1) is 0 Å². The van der Waals surface area contributed by atoms with Crippen LogP contribution in [-0.2, 0) is 4.79 Å². The molecule has 0 radical (unpaired) electrons. The van der Waals surface area contributed by atoms with Crippen molar-refractivity contribution in [3.8, 4) is 0 Å². The number of carbonyl (C=O) groups is 2. The number of carboxylic acid groups (broad SMARTS) is 1. The summed E-state index contributed by atoms with van der Waals surface area (Å²) in [4.78, 5) is 27.1. The summed E-state index contributed by atoms with van der Waals surface area (Å²) in [6.45, 7) is 0. The minimum absolute atomic E-state index is 0.0878. The Bertz CT molecular complexity index is 666. The Morgan fingerprint density at radius 3 is 2.95 bits per heavy atom. The average molecular weight is 274 g/mol. The molecular formula is C13H14N4O3. The smallest absolute Gasteiger partial charge is 0.306 e. The molecule has 1 aliphatic rings. The highest BCUT2D eigenvalue weighted by molar-refractivity contribution is 6.00. The summed E-state index contributed by atoms with van der Waals surface area (Å²) in [5, 5.41) is 15.9. The first-order valence-corrected chi connectivity index (χ1v) is 6.46. The largest absolute Gasteiger partial charge is 0.481 e. The lowest BCUT2D eigenvalue weighted by Crippen LogP contribution is -2.33. The summed E-state index contributed by atoms with van der Waals surface area (Å²) in [6, 6.07) is -0.0878. The summed E-state index contributed by atoms with van der Waals surface area (Å²) in [5.41, 5.74) is 1.09. The van der Waals surface area contributed by atoms with E-state index in [1.165, 1.54) is 6.20 Å². The third kappa shape index (κ3) is 2.22. The lowest BCUT2D eigenvalue weighted by Gasteiger charge is -2.11. The van der Waals surface area contributed by atoms with Gasteiger partial charge in [0, 0.05) is 18.4 Å². The van der Waals surface area contributed by atoms with Crippen molar-refractivity contribution in [2.24, 2.45) is 5.92 Å². The lowest BCUT2D eigenvalue weighted by molar-refractivity contribution is -0.141. The van der Waals surface area contributed by atoms with Gasteiger partial charge in [-0.25, -0.2) is 4.52 Å². The quantitative estimate of drug-likeness (QED) is 0.859. The second-order valence-electron chi connectivity index (χ2n) is 4.98. The number of rotatable bonds is 3. The third-order valence-electron chi connectivity index (χ3n) is 3.69. The zero-order chi connectivity index (χ0) is 14.1. The molecule has 0 saturated heterocycles. The van der Waals surface area contributed by atoms with Crippen LogP contribution < -0.4 is 5.32 Å². The van der Waals surface area contributed by atoms with Gasteiger partial charge in [0.15, 0.2) is 0 Å². The maximum Gasteiger partial charge on any atom is 0.306 e. The Balaban J connectivity index is 1.73. The maximum atomic E-state index is 12.2. The van der Waals surface area contributed by atoms with Crippen LogP contribution in [0.25, 0.3) is 5.52 Å². The van der Waals surface area contributed by atoms with Crippen molar-refractivity contribution in [2.75, 3.05) is 0 Å². The molecule has 2 N–H and O–H groups in total. The first kappa shape index (κ1) is 12.6. The van der Waals surface area contributed by atoms with Gasteiger partial charge in [-0.05, 0) is 19.3 Å². The summed E-state index contributed by atoms with van der Waals surface area (Å²) in [5.74, 6) is -1.38. The Kier molecular flexibility index (Phi) is 3.09. The summed E-state index contributed by atoms with van der Waals surface area (Å²) in [7, 11) is 0. The van der Waals surface area contributed by atoms with Crippen LogP contribution in [-0.4, -0.2) is 37.6 Å². The third-order valence-corrected chi connectivity index (χ3v) is 3.69. The van der Waals surface area contributed by atoms with Crippen LogP contribution in [0, 0.1) is 5.92 Å². The number of fused-ring (bicyclic) bond motifs is 1. The second kappa shape index (κ2) is 4.92. The first-order chi connectivity index (χ1) is 9.65. The molecule has 7 heteroatoms. The summed E-state index contributed by atoms with van der Waals surface area (Å²) in [6.07, 6.45) is 8.13. The highest BCUT2D eigenvalue weighted by Crippen LogP contribution is 2.26. The van der Waals surface area contributed by atoms with E-state index >= 15 is 0 Å². The fraction of sp³-hybridized carbons (Fsp3) is 0.385. The van der Waals surface area contributed by atoms with E-state index in [4.69, 9.17) is 5.11 Å². The Hall–Kier alpha value is -2.44. The Morgan fingerprint density at radius 2 is 2.20 bits per heavy atom. The van der Waals surface area contributed by atoms with Crippen molar-refractivity contribution in [3.05, 3.63) is 30.4 Å². The van der Waals surface area contributed by atoms with E-state index < -0.39 is 5.97 Å². The number of aromatic nitrogens is 3. The molecule has 1 fully saturated rings. The number of amides is 1. The number of hydrogen-bond acceptors (Lipinski definition) is 4. The molecule has 20 heavy (non-hydrogen) atoms. The van der Waals surface area contributed by atoms with E-state index in [2.05, 4.69) is 15.4 Å². The van der Waals surface area contributed by atoms with Gasteiger partial charge in [-0.3, -0.25) is 14.6 Å². The molecule has 2 aromatic rings. The van der Waals surface area contributed by atoms with Gasteiger partial charge in [0.1, 0.15) is 0 Å². The topological polar surface area (TPSA) is 96.6 Å². The fourth-order valence-corrected chi connectivity index (χ4v) is 2.61. The molecule has 0 aromatic carbocycles. The molecule has 2 atom stereocenters. The molecule has 104 valence electrons.